The van der Waals surface area contributed by atoms with E-state index in [0.29, 0.717) is 31.3 Å². The van der Waals surface area contributed by atoms with E-state index in [1.807, 2.05) is 18.2 Å². The maximum atomic E-state index is 13.2. The summed E-state index contributed by atoms with van der Waals surface area (Å²) in [5, 5.41) is 0.815. The average Bonchev–Trinajstić information content (AvgIpc) is 2.62. The summed E-state index contributed by atoms with van der Waals surface area (Å²) in [4.78, 5) is 13.5. The zero-order valence-corrected chi connectivity index (χ0v) is 14.9. The fraction of sp³-hybridized carbons (Fsp3) is 0.250. The Labute approximate surface area is 155 Å². The van der Waals surface area contributed by atoms with Crippen LogP contribution < -0.4 is 0 Å². The number of carbonyl (C=O) groups is 1. The lowest BCUT2D eigenvalue weighted by Crippen LogP contribution is -2.29. The van der Waals surface area contributed by atoms with Crippen LogP contribution in [-0.2, 0) is 17.4 Å². The Balaban J connectivity index is 1.87. The molecule has 26 heavy (non-hydrogen) atoms. The summed E-state index contributed by atoms with van der Waals surface area (Å²) in [6.45, 7) is 1.16. The molecule has 2 nitrogen and oxygen atoms in total. The molecule has 6 heteroatoms. The molecule has 0 saturated carbocycles. The highest BCUT2D eigenvalue weighted by molar-refractivity contribution is 7.84. The molecule has 2 aromatic carbocycles. The van der Waals surface area contributed by atoms with Gasteiger partial charge in [-0.25, -0.2) is 0 Å². The molecule has 1 aliphatic rings. The summed E-state index contributed by atoms with van der Waals surface area (Å²) in [5.74, 6) is 0. The van der Waals surface area contributed by atoms with E-state index in [4.69, 9.17) is 0 Å². The molecule has 0 unspecified atom stereocenters. The number of nitrogens with zero attached hydrogens (tertiary/aromatic N) is 1. The zero-order valence-electron chi connectivity index (χ0n) is 14.0. The second-order valence-electron chi connectivity index (χ2n) is 6.22. The predicted molar refractivity (Wildman–Crippen MR) is 100 cm³/mol. The number of hydrogen-bond donors (Lipinski definition) is 1. The highest BCUT2D eigenvalue weighted by atomic mass is 32.1. The van der Waals surface area contributed by atoms with E-state index in [1.165, 1.54) is 12.1 Å². The SMILES string of the molecule is O=CN1CCC(S)=C(/C=C/Cc2cccc3c(C(F)(F)F)cccc23)C1. The Morgan fingerprint density at radius 3 is 2.58 bits per heavy atom. The number of amides is 1. The lowest BCUT2D eigenvalue weighted by atomic mass is 9.97. The number of fused-ring (bicyclic) bond motifs is 1. The minimum atomic E-state index is -4.37. The summed E-state index contributed by atoms with van der Waals surface area (Å²) in [6, 6.07) is 9.25. The van der Waals surface area contributed by atoms with Gasteiger partial charge in [0.05, 0.1) is 5.56 Å². The van der Waals surface area contributed by atoms with Gasteiger partial charge in [0.1, 0.15) is 0 Å². The van der Waals surface area contributed by atoms with Gasteiger partial charge in [-0.15, -0.1) is 12.6 Å². The Kier molecular flexibility index (Phi) is 5.41. The molecule has 3 rings (SSSR count). The molecule has 1 aliphatic heterocycles. The number of hydrogen-bond acceptors (Lipinski definition) is 2. The predicted octanol–water partition coefficient (Wildman–Crippen LogP) is 5.00. The van der Waals surface area contributed by atoms with Gasteiger partial charge in [-0.3, -0.25) is 4.79 Å². The van der Waals surface area contributed by atoms with Crippen molar-refractivity contribution in [2.45, 2.75) is 19.0 Å². The van der Waals surface area contributed by atoms with Crippen molar-refractivity contribution in [3.05, 3.63) is 70.2 Å². The molecule has 0 fully saturated rings. The van der Waals surface area contributed by atoms with Crippen LogP contribution in [-0.4, -0.2) is 24.4 Å². The molecule has 0 aliphatic carbocycles. The first kappa shape index (κ1) is 18.6. The van der Waals surface area contributed by atoms with Gasteiger partial charge in [-0.1, -0.05) is 42.5 Å². The Hall–Kier alpha value is -2.21. The van der Waals surface area contributed by atoms with Gasteiger partial charge < -0.3 is 4.90 Å². The monoisotopic (exact) mass is 377 g/mol. The van der Waals surface area contributed by atoms with Crippen LogP contribution in [0.2, 0.25) is 0 Å². The van der Waals surface area contributed by atoms with E-state index < -0.39 is 11.7 Å². The van der Waals surface area contributed by atoms with Crippen LogP contribution in [0.25, 0.3) is 10.8 Å². The average molecular weight is 377 g/mol. The summed E-state index contributed by atoms with van der Waals surface area (Å²) < 4.78 is 39.6. The van der Waals surface area contributed by atoms with Gasteiger partial charge in [0.25, 0.3) is 0 Å². The smallest absolute Gasteiger partial charge is 0.341 e. The minimum Gasteiger partial charge on any atom is -0.341 e. The summed E-state index contributed by atoms with van der Waals surface area (Å²) in [7, 11) is 0. The quantitative estimate of drug-likeness (QED) is 0.587. The number of halogens is 3. The standard InChI is InChI=1S/C20H18F3NOS/c21-20(22,23)18-9-3-7-16-14(5-2-8-17(16)18)4-1-6-15-12-24(13-25)11-10-19(15)26/h1-3,5-9,13,26H,4,10-12H2/b6-1+. The van der Waals surface area contributed by atoms with Gasteiger partial charge in [-0.2, -0.15) is 13.2 Å². The van der Waals surface area contributed by atoms with Crippen molar-refractivity contribution in [1.29, 1.82) is 0 Å². The normalized spacial score (nSPS) is 15.9. The van der Waals surface area contributed by atoms with Crippen LogP contribution >= 0.6 is 12.6 Å². The number of benzene rings is 2. The van der Waals surface area contributed by atoms with E-state index in [0.717, 1.165) is 28.5 Å². The molecule has 0 N–H and O–H groups in total. The zero-order chi connectivity index (χ0) is 18.7. The number of rotatable bonds is 4. The molecule has 136 valence electrons. The van der Waals surface area contributed by atoms with Crippen molar-refractivity contribution in [3.63, 3.8) is 0 Å². The molecular weight excluding hydrogens is 359 g/mol. The van der Waals surface area contributed by atoms with E-state index in [2.05, 4.69) is 12.6 Å². The molecule has 2 aromatic rings. The number of thiol groups is 1. The van der Waals surface area contributed by atoms with E-state index in [9.17, 15) is 18.0 Å². The third-order valence-electron chi connectivity index (χ3n) is 4.50. The first-order chi connectivity index (χ1) is 12.4. The van der Waals surface area contributed by atoms with Gasteiger partial charge in [-0.05, 0) is 45.7 Å². The summed E-state index contributed by atoms with van der Waals surface area (Å²) in [5.41, 5.74) is 1.17. The van der Waals surface area contributed by atoms with Crippen molar-refractivity contribution < 1.29 is 18.0 Å². The highest BCUT2D eigenvalue weighted by Gasteiger charge is 2.32. The second-order valence-corrected chi connectivity index (χ2v) is 6.76. The van der Waals surface area contributed by atoms with Crippen molar-refractivity contribution in [2.75, 3.05) is 13.1 Å². The third-order valence-corrected chi connectivity index (χ3v) is 5.01. The van der Waals surface area contributed by atoms with E-state index in [-0.39, 0.29) is 5.39 Å². The molecule has 1 amide bonds. The van der Waals surface area contributed by atoms with Crippen LogP contribution in [0.5, 0.6) is 0 Å². The van der Waals surface area contributed by atoms with Gasteiger partial charge in [0.2, 0.25) is 6.41 Å². The fourth-order valence-corrected chi connectivity index (χ4v) is 3.41. The molecule has 0 spiro atoms. The van der Waals surface area contributed by atoms with Crippen LogP contribution in [0.1, 0.15) is 17.5 Å². The van der Waals surface area contributed by atoms with Crippen molar-refractivity contribution in [3.8, 4) is 0 Å². The van der Waals surface area contributed by atoms with Gasteiger partial charge in [0, 0.05) is 13.1 Å². The molecule has 0 bridgehead atoms. The first-order valence-corrected chi connectivity index (χ1v) is 8.69. The van der Waals surface area contributed by atoms with Crippen molar-refractivity contribution in [2.24, 2.45) is 0 Å². The molecule has 0 aromatic heterocycles. The van der Waals surface area contributed by atoms with E-state index in [1.54, 1.807) is 17.0 Å². The Morgan fingerprint density at radius 2 is 1.85 bits per heavy atom. The van der Waals surface area contributed by atoms with Crippen LogP contribution in [0.3, 0.4) is 0 Å². The van der Waals surface area contributed by atoms with Gasteiger partial charge >= 0.3 is 6.18 Å². The number of allylic oxidation sites excluding steroid dienone is 1. The molecule has 0 saturated heterocycles. The van der Waals surface area contributed by atoms with Crippen LogP contribution in [0.4, 0.5) is 13.2 Å². The highest BCUT2D eigenvalue weighted by Crippen LogP contribution is 2.35. The lowest BCUT2D eigenvalue weighted by Gasteiger charge is -2.24. The van der Waals surface area contributed by atoms with Gasteiger partial charge in [0.15, 0.2) is 0 Å². The minimum absolute atomic E-state index is 0.213. The van der Waals surface area contributed by atoms with Crippen LogP contribution in [0.15, 0.2) is 59.0 Å². The van der Waals surface area contributed by atoms with Crippen molar-refractivity contribution >= 4 is 29.8 Å². The topological polar surface area (TPSA) is 20.3 Å². The fourth-order valence-electron chi connectivity index (χ4n) is 3.17. The summed E-state index contributed by atoms with van der Waals surface area (Å²) in [6.07, 6.45) is 1.48. The molecule has 0 radical (unpaired) electrons. The van der Waals surface area contributed by atoms with Crippen molar-refractivity contribution in [1.82, 2.24) is 4.90 Å². The number of alkyl halides is 3. The lowest BCUT2D eigenvalue weighted by molar-refractivity contribution is -0.136. The molecule has 1 heterocycles. The van der Waals surface area contributed by atoms with Crippen LogP contribution in [0, 0.1) is 0 Å². The maximum Gasteiger partial charge on any atom is 0.417 e. The second kappa shape index (κ2) is 7.58. The third kappa shape index (κ3) is 3.96. The summed E-state index contributed by atoms with van der Waals surface area (Å²) >= 11 is 4.46. The maximum absolute atomic E-state index is 13.2. The first-order valence-electron chi connectivity index (χ1n) is 8.25. The Bertz CT molecular complexity index is 886. The molecular formula is C20H18F3NOS. The largest absolute Gasteiger partial charge is 0.417 e. The Morgan fingerprint density at radius 1 is 1.12 bits per heavy atom. The van der Waals surface area contributed by atoms with E-state index >= 15 is 0 Å². The molecule has 0 atom stereocenters. The number of carbonyl (C=O) groups excluding carboxylic acids is 1.